The fourth-order valence-electron chi connectivity index (χ4n) is 5.20. The molecule has 0 radical (unpaired) electrons. The van der Waals surface area contributed by atoms with E-state index in [0.717, 1.165) is 50.1 Å². The summed E-state index contributed by atoms with van der Waals surface area (Å²) in [5.41, 5.74) is 5.79. The van der Waals surface area contributed by atoms with Crippen LogP contribution in [0.3, 0.4) is 0 Å². The van der Waals surface area contributed by atoms with E-state index in [1.165, 1.54) is 42.5 Å². The highest BCUT2D eigenvalue weighted by Crippen LogP contribution is 2.48. The number of nitrogens with one attached hydrogen (secondary N) is 1. The Hall–Kier alpha value is -2.89. The molecule has 2 aliphatic carbocycles. The third-order valence-electron chi connectivity index (χ3n) is 7.46. The number of amides is 2. The minimum atomic E-state index is -0.185. The van der Waals surface area contributed by atoms with E-state index in [-0.39, 0.29) is 17.7 Å². The molecule has 1 aromatic heterocycles. The van der Waals surface area contributed by atoms with Gasteiger partial charge in [-0.05, 0) is 73.3 Å². The van der Waals surface area contributed by atoms with Crippen LogP contribution >= 0.6 is 0 Å². The fraction of sp³-hybridized carbons (Fsp3) is 0.500. The zero-order chi connectivity index (χ0) is 21.7. The smallest absolute Gasteiger partial charge is 0.255 e. The largest absolute Gasteiger partial charge is 0.368 e. The normalized spacial score (nSPS) is 23.4. The van der Waals surface area contributed by atoms with Crippen molar-refractivity contribution in [3.05, 3.63) is 58.9 Å². The van der Waals surface area contributed by atoms with E-state index < -0.39 is 0 Å². The van der Waals surface area contributed by atoms with Crippen LogP contribution in [0.5, 0.6) is 0 Å². The molecule has 0 spiro atoms. The van der Waals surface area contributed by atoms with E-state index in [4.69, 9.17) is 0 Å². The summed E-state index contributed by atoms with van der Waals surface area (Å²) >= 11 is 0. The molecule has 32 heavy (non-hydrogen) atoms. The van der Waals surface area contributed by atoms with Crippen LogP contribution in [0.1, 0.15) is 77.0 Å². The summed E-state index contributed by atoms with van der Waals surface area (Å²) in [7, 11) is 0. The maximum atomic E-state index is 13.0. The second kappa shape index (κ2) is 7.91. The van der Waals surface area contributed by atoms with Crippen molar-refractivity contribution in [3.63, 3.8) is 0 Å². The van der Waals surface area contributed by atoms with Gasteiger partial charge in [-0.3, -0.25) is 14.6 Å². The number of carbonyl (C=O) groups excluding carboxylic acids is 2. The third kappa shape index (κ3) is 3.76. The maximum absolute atomic E-state index is 13.0. The van der Waals surface area contributed by atoms with Crippen molar-refractivity contribution in [1.29, 1.82) is 0 Å². The lowest BCUT2D eigenvalue weighted by Crippen LogP contribution is -2.49. The van der Waals surface area contributed by atoms with Crippen LogP contribution in [0.25, 0.3) is 0 Å². The lowest BCUT2D eigenvalue weighted by Gasteiger charge is -2.37. The van der Waals surface area contributed by atoms with Crippen LogP contribution in [-0.2, 0) is 4.79 Å². The first-order valence-electron chi connectivity index (χ1n) is 12.1. The Morgan fingerprint density at radius 3 is 2.34 bits per heavy atom. The fourth-order valence-corrected chi connectivity index (χ4v) is 5.20. The predicted octanol–water partition coefficient (Wildman–Crippen LogP) is 3.40. The van der Waals surface area contributed by atoms with Crippen LogP contribution in [-0.4, -0.2) is 54.4 Å². The van der Waals surface area contributed by atoms with E-state index >= 15 is 0 Å². The minimum absolute atomic E-state index is 0.0310. The minimum Gasteiger partial charge on any atom is -0.368 e. The highest BCUT2D eigenvalue weighted by atomic mass is 16.2. The quantitative estimate of drug-likeness (QED) is 0.790. The number of hydrogen-bond acceptors (Lipinski definition) is 4. The van der Waals surface area contributed by atoms with Crippen LogP contribution < -0.4 is 10.2 Å². The topological polar surface area (TPSA) is 65.5 Å². The van der Waals surface area contributed by atoms with Gasteiger partial charge in [0.05, 0.1) is 17.2 Å². The standard InChI is InChI=1S/C26H30N4O2/c31-25-21(9-10-27-25)23-7-5-20(16-28-23)26(32)30-13-11-29(12-14-30)24-8-6-19(17-1-2-17)15-22(24)18-3-4-18/h5-8,15-18,21H,1-4,9-14H2,(H,27,31). The van der Waals surface area contributed by atoms with E-state index in [0.29, 0.717) is 12.1 Å². The van der Waals surface area contributed by atoms with Crippen LogP contribution in [0.15, 0.2) is 36.5 Å². The molecule has 1 atom stereocenters. The number of hydrogen-bond donors (Lipinski definition) is 1. The van der Waals surface area contributed by atoms with Gasteiger partial charge in [0.2, 0.25) is 5.91 Å². The lowest BCUT2D eigenvalue weighted by atomic mass is 10.0. The van der Waals surface area contributed by atoms with Crippen molar-refractivity contribution in [2.45, 2.75) is 49.9 Å². The second-order valence-electron chi connectivity index (χ2n) is 9.75. The molecule has 2 saturated heterocycles. The number of carbonyl (C=O) groups is 2. The Morgan fingerprint density at radius 2 is 1.72 bits per heavy atom. The van der Waals surface area contributed by atoms with Gasteiger partial charge in [-0.25, -0.2) is 0 Å². The third-order valence-corrected chi connectivity index (χ3v) is 7.46. The molecular formula is C26H30N4O2. The number of pyridine rings is 1. The van der Waals surface area contributed by atoms with Crippen molar-refractivity contribution in [1.82, 2.24) is 15.2 Å². The highest BCUT2D eigenvalue weighted by Gasteiger charge is 2.32. The Bertz CT molecular complexity index is 1030. The zero-order valence-electron chi connectivity index (χ0n) is 18.4. The van der Waals surface area contributed by atoms with Crippen molar-refractivity contribution in [3.8, 4) is 0 Å². The second-order valence-corrected chi connectivity index (χ2v) is 9.75. The Balaban J connectivity index is 1.11. The first kappa shape index (κ1) is 19.8. The van der Waals surface area contributed by atoms with E-state index in [1.54, 1.807) is 6.20 Å². The summed E-state index contributed by atoms with van der Waals surface area (Å²) < 4.78 is 0. The molecule has 6 heteroatoms. The van der Waals surface area contributed by atoms with Gasteiger partial charge in [-0.1, -0.05) is 12.1 Å². The zero-order valence-corrected chi connectivity index (χ0v) is 18.4. The lowest BCUT2D eigenvalue weighted by molar-refractivity contribution is -0.120. The van der Waals surface area contributed by atoms with Gasteiger partial charge in [0.15, 0.2) is 0 Å². The van der Waals surface area contributed by atoms with Crippen molar-refractivity contribution >= 4 is 17.5 Å². The number of benzene rings is 1. The molecule has 6 rings (SSSR count). The molecular weight excluding hydrogens is 400 g/mol. The Labute approximate surface area is 189 Å². The molecule has 6 nitrogen and oxygen atoms in total. The maximum Gasteiger partial charge on any atom is 0.255 e. The summed E-state index contributed by atoms with van der Waals surface area (Å²) in [6.45, 7) is 3.87. The molecule has 1 unspecified atom stereocenters. The van der Waals surface area contributed by atoms with Crippen molar-refractivity contribution in [2.75, 3.05) is 37.6 Å². The SMILES string of the molecule is O=C1NCCC1c1ccc(C(=O)N2CCN(c3ccc(C4CC4)cc3C3CC3)CC2)cn1. The number of rotatable bonds is 5. The van der Waals surface area contributed by atoms with Gasteiger partial charge < -0.3 is 15.1 Å². The number of anilines is 1. The molecule has 1 N–H and O–H groups in total. The summed E-state index contributed by atoms with van der Waals surface area (Å²) in [5.74, 6) is 1.40. The van der Waals surface area contributed by atoms with Gasteiger partial charge >= 0.3 is 0 Å². The van der Waals surface area contributed by atoms with Gasteiger partial charge in [-0.15, -0.1) is 0 Å². The summed E-state index contributed by atoms with van der Waals surface area (Å²) in [6, 6.07) is 10.8. The monoisotopic (exact) mass is 430 g/mol. The summed E-state index contributed by atoms with van der Waals surface area (Å²) in [4.78, 5) is 33.8. The van der Waals surface area contributed by atoms with Gasteiger partial charge in [-0.2, -0.15) is 0 Å². The average molecular weight is 431 g/mol. The summed E-state index contributed by atoms with van der Waals surface area (Å²) in [6.07, 6.45) is 7.71. The van der Waals surface area contributed by atoms with Crippen molar-refractivity contribution < 1.29 is 9.59 Å². The number of piperazine rings is 1. The molecule has 2 aromatic rings. The van der Waals surface area contributed by atoms with Gasteiger partial charge in [0.25, 0.3) is 5.91 Å². The average Bonchev–Trinajstić information content (AvgIpc) is 3.76. The van der Waals surface area contributed by atoms with Crippen LogP contribution in [0.2, 0.25) is 0 Å². The highest BCUT2D eigenvalue weighted by molar-refractivity contribution is 5.94. The molecule has 2 amide bonds. The Morgan fingerprint density at radius 1 is 0.938 bits per heavy atom. The molecule has 1 aromatic carbocycles. The molecule has 2 saturated carbocycles. The molecule has 166 valence electrons. The van der Waals surface area contributed by atoms with Crippen LogP contribution in [0.4, 0.5) is 5.69 Å². The molecule has 4 fully saturated rings. The van der Waals surface area contributed by atoms with E-state index in [1.807, 2.05) is 17.0 Å². The first-order valence-corrected chi connectivity index (χ1v) is 12.1. The molecule has 2 aliphatic heterocycles. The van der Waals surface area contributed by atoms with E-state index in [9.17, 15) is 9.59 Å². The molecule has 3 heterocycles. The summed E-state index contributed by atoms with van der Waals surface area (Å²) in [5, 5.41) is 2.84. The Kier molecular flexibility index (Phi) is 4.89. The molecule has 0 bridgehead atoms. The number of aromatic nitrogens is 1. The van der Waals surface area contributed by atoms with Crippen molar-refractivity contribution in [2.24, 2.45) is 0 Å². The number of nitrogens with zero attached hydrogens (tertiary/aromatic N) is 3. The van der Waals surface area contributed by atoms with E-state index in [2.05, 4.69) is 33.4 Å². The van der Waals surface area contributed by atoms with Crippen LogP contribution in [0, 0.1) is 0 Å². The molecule has 4 aliphatic rings. The van der Waals surface area contributed by atoms with Gasteiger partial charge in [0, 0.05) is 44.6 Å². The van der Waals surface area contributed by atoms with Gasteiger partial charge in [0.1, 0.15) is 0 Å². The predicted molar refractivity (Wildman–Crippen MR) is 123 cm³/mol. The first-order chi connectivity index (χ1) is 15.7.